The summed E-state index contributed by atoms with van der Waals surface area (Å²) in [5, 5.41) is 11.7. The second-order valence-corrected chi connectivity index (χ2v) is 14.1. The SMILES string of the molecule is c1ccc2c(c1)ccc1nc(-n3c4cccc5c6cccc7c8ccccc8n(c8cccc3c8c54)c67)c(-c3cccc4oc5ccccc5c34)nc12. The lowest BCUT2D eigenvalue weighted by atomic mass is 10.0. The highest BCUT2D eigenvalue weighted by atomic mass is 16.3. The summed E-state index contributed by atoms with van der Waals surface area (Å²) in [7, 11) is 0. The van der Waals surface area contributed by atoms with Crippen LogP contribution in [0.3, 0.4) is 0 Å². The number of hydrogen-bond acceptors (Lipinski definition) is 3. The van der Waals surface area contributed by atoms with Gasteiger partial charge >= 0.3 is 0 Å². The first kappa shape index (κ1) is 27.5. The zero-order chi connectivity index (χ0) is 34.4. The Bertz CT molecular complexity index is 3700. The molecule has 5 heterocycles. The molecular formula is C48H26N4O. The van der Waals surface area contributed by atoms with Gasteiger partial charge in [-0.3, -0.25) is 4.57 Å². The van der Waals surface area contributed by atoms with E-state index in [1.165, 1.54) is 48.9 Å². The van der Waals surface area contributed by atoms with Gasteiger partial charge in [0.15, 0.2) is 5.82 Å². The fourth-order valence-corrected chi connectivity index (χ4v) is 9.30. The van der Waals surface area contributed by atoms with Gasteiger partial charge in [0.05, 0.1) is 38.6 Å². The summed E-state index contributed by atoms with van der Waals surface area (Å²) in [5.41, 5.74) is 11.0. The van der Waals surface area contributed by atoms with Gasteiger partial charge in [0.1, 0.15) is 16.9 Å². The van der Waals surface area contributed by atoms with E-state index in [2.05, 4.69) is 148 Å². The number of nitrogens with zero attached hydrogens (tertiary/aromatic N) is 4. The molecule has 0 saturated carbocycles. The van der Waals surface area contributed by atoms with Gasteiger partial charge in [-0.1, -0.05) is 115 Å². The minimum atomic E-state index is 0.788. The normalized spacial score (nSPS) is 12.5. The second-order valence-electron chi connectivity index (χ2n) is 14.1. The molecule has 0 N–H and O–H groups in total. The molecule has 0 aliphatic rings. The molecule has 0 aliphatic carbocycles. The van der Waals surface area contributed by atoms with Crippen molar-refractivity contribution in [1.29, 1.82) is 0 Å². The fourth-order valence-electron chi connectivity index (χ4n) is 9.30. The van der Waals surface area contributed by atoms with Crippen molar-refractivity contribution in [2.45, 2.75) is 0 Å². The standard InChI is InChI=1S/C48H26N4O/c1-2-12-28-27(11-1)25-26-35-45(28)50-46(34-18-9-24-41-42(34)33-14-4-6-23-40(33)53-41)48(49-35)52-37-20-8-15-30-32-17-7-16-31-29-13-3-5-19-36(29)51(47(31)32)38-21-10-22-39(52)44(38)43(30)37/h1-26H. The maximum atomic E-state index is 6.43. The summed E-state index contributed by atoms with van der Waals surface area (Å²) < 4.78 is 11.3. The van der Waals surface area contributed by atoms with Crippen LogP contribution in [-0.2, 0) is 0 Å². The van der Waals surface area contributed by atoms with Gasteiger partial charge in [0.2, 0.25) is 0 Å². The van der Waals surface area contributed by atoms with Gasteiger partial charge in [0, 0.05) is 48.7 Å². The first-order chi connectivity index (χ1) is 26.3. The average Bonchev–Trinajstić information content (AvgIpc) is 3.85. The van der Waals surface area contributed by atoms with Crippen LogP contribution in [0.15, 0.2) is 162 Å². The largest absolute Gasteiger partial charge is 0.456 e. The molecule has 0 aliphatic heterocycles. The Morgan fingerprint density at radius 2 is 1.06 bits per heavy atom. The van der Waals surface area contributed by atoms with E-state index in [9.17, 15) is 0 Å². The second kappa shape index (κ2) is 9.75. The highest BCUT2D eigenvalue weighted by molar-refractivity contribution is 6.31. The van der Waals surface area contributed by atoms with Gasteiger partial charge in [-0.15, -0.1) is 0 Å². The zero-order valence-electron chi connectivity index (χ0n) is 28.2. The van der Waals surface area contributed by atoms with Crippen molar-refractivity contribution in [2.75, 3.05) is 0 Å². The first-order valence-corrected chi connectivity index (χ1v) is 18.0. The van der Waals surface area contributed by atoms with E-state index in [1.807, 2.05) is 18.2 Å². The molecule has 5 heteroatoms. The third-order valence-corrected chi connectivity index (χ3v) is 11.4. The van der Waals surface area contributed by atoms with Crippen LogP contribution in [0.5, 0.6) is 0 Å². The molecule has 0 radical (unpaired) electrons. The van der Waals surface area contributed by atoms with Crippen LogP contribution in [0.25, 0.3) is 121 Å². The highest BCUT2D eigenvalue weighted by Gasteiger charge is 2.26. The summed E-state index contributed by atoms with van der Waals surface area (Å²) in [5.74, 6) is 0.788. The lowest BCUT2D eigenvalue weighted by Gasteiger charge is -2.15. The Labute approximate surface area is 300 Å². The first-order valence-electron chi connectivity index (χ1n) is 18.0. The predicted molar refractivity (Wildman–Crippen MR) is 219 cm³/mol. The monoisotopic (exact) mass is 674 g/mol. The molecule has 0 fully saturated rings. The van der Waals surface area contributed by atoms with Gasteiger partial charge in [-0.05, 0) is 53.2 Å². The predicted octanol–water partition coefficient (Wildman–Crippen LogP) is 12.6. The van der Waals surface area contributed by atoms with Crippen LogP contribution < -0.4 is 0 Å². The Hall–Kier alpha value is -7.24. The van der Waals surface area contributed by atoms with Crippen molar-refractivity contribution in [3.05, 3.63) is 158 Å². The zero-order valence-corrected chi connectivity index (χ0v) is 28.2. The van der Waals surface area contributed by atoms with Crippen LogP contribution in [0.4, 0.5) is 0 Å². The Kier molecular flexibility index (Phi) is 5.06. The van der Waals surface area contributed by atoms with E-state index in [1.54, 1.807) is 0 Å². The van der Waals surface area contributed by atoms with Crippen molar-refractivity contribution < 1.29 is 4.42 Å². The third kappa shape index (κ3) is 3.42. The van der Waals surface area contributed by atoms with E-state index >= 15 is 0 Å². The highest BCUT2D eigenvalue weighted by Crippen LogP contribution is 2.46. The number of furan rings is 1. The van der Waals surface area contributed by atoms with Crippen molar-refractivity contribution >= 4 is 104 Å². The molecule has 13 aromatic rings. The van der Waals surface area contributed by atoms with E-state index in [-0.39, 0.29) is 0 Å². The maximum absolute atomic E-state index is 6.43. The minimum absolute atomic E-state index is 0.788. The quantitative estimate of drug-likeness (QED) is 0.172. The van der Waals surface area contributed by atoms with Gasteiger partial charge in [0.25, 0.3) is 0 Å². The van der Waals surface area contributed by atoms with Gasteiger partial charge in [-0.2, -0.15) is 0 Å². The Morgan fingerprint density at radius 1 is 0.415 bits per heavy atom. The number of fused-ring (bicyclic) bond motifs is 11. The molecule has 244 valence electrons. The summed E-state index contributed by atoms with van der Waals surface area (Å²) in [6.07, 6.45) is 0. The molecular weight excluding hydrogens is 649 g/mol. The molecule has 53 heavy (non-hydrogen) atoms. The Morgan fingerprint density at radius 3 is 1.98 bits per heavy atom. The van der Waals surface area contributed by atoms with E-state index in [4.69, 9.17) is 14.4 Å². The molecule has 0 unspecified atom stereocenters. The average molecular weight is 675 g/mol. The van der Waals surface area contributed by atoms with Crippen molar-refractivity contribution in [2.24, 2.45) is 0 Å². The Balaban J connectivity index is 1.27. The number of para-hydroxylation sites is 3. The molecule has 5 nitrogen and oxygen atoms in total. The summed E-state index contributed by atoms with van der Waals surface area (Å²) in [6.45, 7) is 0. The molecule has 8 aromatic carbocycles. The van der Waals surface area contributed by atoms with Crippen molar-refractivity contribution in [3.8, 4) is 17.1 Å². The lowest BCUT2D eigenvalue weighted by Crippen LogP contribution is -2.04. The summed E-state index contributed by atoms with van der Waals surface area (Å²) >= 11 is 0. The number of rotatable bonds is 2. The maximum Gasteiger partial charge on any atom is 0.165 e. The van der Waals surface area contributed by atoms with Crippen LogP contribution in [-0.4, -0.2) is 18.9 Å². The molecule has 0 amide bonds. The van der Waals surface area contributed by atoms with Crippen molar-refractivity contribution in [3.63, 3.8) is 0 Å². The minimum Gasteiger partial charge on any atom is -0.456 e. The van der Waals surface area contributed by atoms with E-state index in [0.717, 1.165) is 71.9 Å². The molecule has 0 saturated heterocycles. The summed E-state index contributed by atoms with van der Waals surface area (Å²) in [4.78, 5) is 11.2. The molecule has 13 rings (SSSR count). The smallest absolute Gasteiger partial charge is 0.165 e. The lowest BCUT2D eigenvalue weighted by molar-refractivity contribution is 0.669. The van der Waals surface area contributed by atoms with Crippen LogP contribution in [0.1, 0.15) is 0 Å². The van der Waals surface area contributed by atoms with Gasteiger partial charge < -0.3 is 8.82 Å². The van der Waals surface area contributed by atoms with Crippen LogP contribution in [0.2, 0.25) is 0 Å². The summed E-state index contributed by atoms with van der Waals surface area (Å²) in [6, 6.07) is 56.2. The topological polar surface area (TPSA) is 48.3 Å². The van der Waals surface area contributed by atoms with Gasteiger partial charge in [-0.25, -0.2) is 9.97 Å². The van der Waals surface area contributed by atoms with E-state index < -0.39 is 0 Å². The molecule has 0 atom stereocenters. The molecule has 0 bridgehead atoms. The number of hydrogen-bond donors (Lipinski definition) is 0. The van der Waals surface area contributed by atoms with E-state index in [0.29, 0.717) is 0 Å². The molecule has 0 spiro atoms. The number of benzene rings is 8. The molecule has 5 aromatic heterocycles. The fraction of sp³-hybridized carbons (Fsp3) is 0. The van der Waals surface area contributed by atoms with Crippen LogP contribution >= 0.6 is 0 Å². The number of aromatic nitrogens is 4. The van der Waals surface area contributed by atoms with Crippen LogP contribution in [0, 0.1) is 0 Å². The third-order valence-electron chi connectivity index (χ3n) is 11.4. The van der Waals surface area contributed by atoms with Crippen molar-refractivity contribution in [1.82, 2.24) is 18.9 Å².